The van der Waals surface area contributed by atoms with Crippen LogP contribution in [-0.2, 0) is 6.42 Å². The number of halogens is 1. The number of hydrogen-bond donors (Lipinski definition) is 1. The number of aryl methyl sites for hydroxylation is 1. The van der Waals surface area contributed by atoms with Gasteiger partial charge < -0.3 is 5.11 Å². The van der Waals surface area contributed by atoms with E-state index in [-0.39, 0.29) is 0 Å². The van der Waals surface area contributed by atoms with Gasteiger partial charge in [-0.1, -0.05) is 12.8 Å². The molecule has 1 aromatic rings. The maximum absolute atomic E-state index is 8.58. The van der Waals surface area contributed by atoms with E-state index in [9.17, 15) is 0 Å². The summed E-state index contributed by atoms with van der Waals surface area (Å²) in [6.45, 7) is 0.296. The highest BCUT2D eigenvalue weighted by Gasteiger charge is 1.95. The van der Waals surface area contributed by atoms with Crippen molar-refractivity contribution in [3.63, 3.8) is 0 Å². The van der Waals surface area contributed by atoms with E-state index in [1.54, 1.807) is 12.4 Å². The van der Waals surface area contributed by atoms with E-state index in [4.69, 9.17) is 16.7 Å². The second kappa shape index (κ2) is 6.74. The molecule has 0 aliphatic heterocycles. The van der Waals surface area contributed by atoms with Crippen molar-refractivity contribution in [3.05, 3.63) is 23.2 Å². The smallest absolute Gasteiger partial charge is 0.222 e. The van der Waals surface area contributed by atoms with Gasteiger partial charge in [-0.15, -0.1) is 0 Å². The van der Waals surface area contributed by atoms with E-state index >= 15 is 0 Å². The maximum atomic E-state index is 8.58. The molecule has 0 amide bonds. The van der Waals surface area contributed by atoms with Gasteiger partial charge in [-0.2, -0.15) is 0 Å². The highest BCUT2D eigenvalue weighted by molar-refractivity contribution is 6.28. The summed E-state index contributed by atoms with van der Waals surface area (Å²) in [6.07, 6.45) is 8.77. The summed E-state index contributed by atoms with van der Waals surface area (Å²) >= 11 is 5.56. The summed E-state index contributed by atoms with van der Waals surface area (Å²) in [4.78, 5) is 7.82. The number of nitrogens with zero attached hydrogens (tertiary/aromatic N) is 2. The first-order valence-electron chi connectivity index (χ1n) is 4.90. The molecule has 1 N–H and O–H groups in total. The topological polar surface area (TPSA) is 46.0 Å². The fourth-order valence-corrected chi connectivity index (χ4v) is 1.36. The summed E-state index contributed by atoms with van der Waals surface area (Å²) in [5.41, 5.74) is 1.12. The largest absolute Gasteiger partial charge is 0.396 e. The van der Waals surface area contributed by atoms with Gasteiger partial charge in [-0.3, -0.25) is 0 Å². The SMILES string of the molecule is OCCCCCCc1cnc(Cl)nc1. The van der Waals surface area contributed by atoms with Crippen molar-refractivity contribution in [1.29, 1.82) is 0 Å². The summed E-state index contributed by atoms with van der Waals surface area (Å²) in [5, 5.41) is 8.88. The van der Waals surface area contributed by atoms with Crippen LogP contribution in [-0.4, -0.2) is 21.7 Å². The van der Waals surface area contributed by atoms with Crippen molar-refractivity contribution < 1.29 is 5.11 Å². The summed E-state index contributed by atoms with van der Waals surface area (Å²) in [6, 6.07) is 0. The lowest BCUT2D eigenvalue weighted by molar-refractivity contribution is 0.282. The number of aromatic nitrogens is 2. The van der Waals surface area contributed by atoms with E-state index in [1.165, 1.54) is 0 Å². The van der Waals surface area contributed by atoms with E-state index in [0.717, 1.165) is 37.7 Å². The van der Waals surface area contributed by atoms with E-state index in [2.05, 4.69) is 9.97 Å². The Morgan fingerprint density at radius 3 is 2.36 bits per heavy atom. The first-order valence-corrected chi connectivity index (χ1v) is 5.28. The fraction of sp³-hybridized carbons (Fsp3) is 0.600. The Morgan fingerprint density at radius 1 is 1.07 bits per heavy atom. The van der Waals surface area contributed by atoms with Gasteiger partial charge in [0.05, 0.1) is 0 Å². The number of aliphatic hydroxyl groups excluding tert-OH is 1. The summed E-state index contributed by atoms with van der Waals surface area (Å²) in [7, 11) is 0. The maximum Gasteiger partial charge on any atom is 0.222 e. The van der Waals surface area contributed by atoms with Gasteiger partial charge in [-0.25, -0.2) is 9.97 Å². The molecule has 0 aliphatic carbocycles. The third kappa shape index (κ3) is 4.53. The monoisotopic (exact) mass is 214 g/mol. The van der Waals surface area contributed by atoms with Gasteiger partial charge in [0, 0.05) is 19.0 Å². The zero-order valence-corrected chi connectivity index (χ0v) is 8.87. The van der Waals surface area contributed by atoms with Gasteiger partial charge >= 0.3 is 0 Å². The molecule has 3 nitrogen and oxygen atoms in total. The van der Waals surface area contributed by atoms with E-state index in [0.29, 0.717) is 11.9 Å². The molecule has 0 radical (unpaired) electrons. The second-order valence-electron chi connectivity index (χ2n) is 3.25. The van der Waals surface area contributed by atoms with Crippen LogP contribution in [0.25, 0.3) is 0 Å². The third-order valence-corrected chi connectivity index (χ3v) is 2.24. The molecule has 0 aliphatic rings. The average molecular weight is 215 g/mol. The zero-order valence-electron chi connectivity index (χ0n) is 8.12. The van der Waals surface area contributed by atoms with Gasteiger partial charge in [0.25, 0.3) is 0 Å². The van der Waals surface area contributed by atoms with Crippen LogP contribution >= 0.6 is 11.6 Å². The Hall–Kier alpha value is -0.670. The standard InChI is InChI=1S/C10H15ClN2O/c11-10-12-7-9(8-13-10)5-3-1-2-4-6-14/h7-8,14H,1-6H2. The van der Waals surface area contributed by atoms with E-state index < -0.39 is 0 Å². The number of unbranched alkanes of at least 4 members (excludes halogenated alkanes) is 3. The molecule has 1 aromatic heterocycles. The molecule has 14 heavy (non-hydrogen) atoms. The van der Waals surface area contributed by atoms with Gasteiger partial charge in [-0.05, 0) is 36.4 Å². The predicted molar refractivity (Wildman–Crippen MR) is 56.3 cm³/mol. The number of aliphatic hydroxyl groups is 1. The molecule has 0 aromatic carbocycles. The van der Waals surface area contributed by atoms with Crippen LogP contribution in [0.2, 0.25) is 5.28 Å². The minimum Gasteiger partial charge on any atom is -0.396 e. The molecule has 4 heteroatoms. The van der Waals surface area contributed by atoms with Gasteiger partial charge in [0.2, 0.25) is 5.28 Å². The van der Waals surface area contributed by atoms with Crippen molar-refractivity contribution in [2.24, 2.45) is 0 Å². The van der Waals surface area contributed by atoms with E-state index in [1.807, 2.05) is 0 Å². The normalized spacial score (nSPS) is 10.4. The highest BCUT2D eigenvalue weighted by atomic mass is 35.5. The first kappa shape index (κ1) is 11.4. The molecule has 0 spiro atoms. The molecule has 0 saturated carbocycles. The first-order chi connectivity index (χ1) is 6.83. The molecular weight excluding hydrogens is 200 g/mol. The minimum absolute atomic E-state index is 0.296. The Bertz CT molecular complexity index is 251. The van der Waals surface area contributed by atoms with Crippen LogP contribution in [0.5, 0.6) is 0 Å². The lowest BCUT2D eigenvalue weighted by Crippen LogP contribution is -1.90. The molecule has 1 rings (SSSR count). The zero-order chi connectivity index (χ0) is 10.2. The lowest BCUT2D eigenvalue weighted by atomic mass is 10.1. The van der Waals surface area contributed by atoms with Crippen LogP contribution in [0.1, 0.15) is 31.2 Å². The van der Waals surface area contributed by atoms with Crippen LogP contribution in [0.4, 0.5) is 0 Å². The molecule has 78 valence electrons. The van der Waals surface area contributed by atoms with Crippen molar-refractivity contribution in [3.8, 4) is 0 Å². The minimum atomic E-state index is 0.296. The molecule has 0 atom stereocenters. The number of hydrogen-bond acceptors (Lipinski definition) is 3. The van der Waals surface area contributed by atoms with Crippen LogP contribution in [0.15, 0.2) is 12.4 Å². The predicted octanol–water partition coefficient (Wildman–Crippen LogP) is 2.23. The average Bonchev–Trinajstić information content (AvgIpc) is 2.21. The third-order valence-electron chi connectivity index (χ3n) is 2.05. The van der Waals surface area contributed by atoms with Crippen LogP contribution in [0.3, 0.4) is 0 Å². The Labute approximate surface area is 89.2 Å². The van der Waals surface area contributed by atoms with Crippen molar-refractivity contribution in [2.75, 3.05) is 6.61 Å². The quantitative estimate of drug-likeness (QED) is 0.584. The molecule has 0 unspecified atom stereocenters. The van der Waals surface area contributed by atoms with Crippen LogP contribution < -0.4 is 0 Å². The van der Waals surface area contributed by atoms with Gasteiger partial charge in [0.15, 0.2) is 0 Å². The van der Waals surface area contributed by atoms with Gasteiger partial charge in [0.1, 0.15) is 0 Å². The van der Waals surface area contributed by atoms with Crippen molar-refractivity contribution in [2.45, 2.75) is 32.1 Å². The molecule has 0 saturated heterocycles. The Morgan fingerprint density at radius 2 is 1.71 bits per heavy atom. The number of rotatable bonds is 6. The summed E-state index contributed by atoms with van der Waals surface area (Å²) in [5.74, 6) is 0. The molecule has 0 fully saturated rings. The Kier molecular flexibility index (Phi) is 5.49. The molecule has 0 bridgehead atoms. The second-order valence-corrected chi connectivity index (χ2v) is 3.59. The summed E-state index contributed by atoms with van der Waals surface area (Å²) < 4.78 is 0. The fourth-order valence-electron chi connectivity index (χ4n) is 1.26. The van der Waals surface area contributed by atoms with Crippen molar-refractivity contribution >= 4 is 11.6 Å². The Balaban J connectivity index is 2.15. The molecule has 1 heterocycles. The molecular formula is C10H15ClN2O. The lowest BCUT2D eigenvalue weighted by Gasteiger charge is -2.00. The van der Waals surface area contributed by atoms with Crippen molar-refractivity contribution in [1.82, 2.24) is 9.97 Å². The highest BCUT2D eigenvalue weighted by Crippen LogP contribution is 2.07. The van der Waals surface area contributed by atoms with Crippen LogP contribution in [0, 0.1) is 0 Å².